The van der Waals surface area contributed by atoms with Crippen LogP contribution in [0.5, 0.6) is 5.75 Å². The summed E-state index contributed by atoms with van der Waals surface area (Å²) in [4.78, 5) is 0. The zero-order valence-electron chi connectivity index (χ0n) is 8.11. The summed E-state index contributed by atoms with van der Waals surface area (Å²) in [7, 11) is 1.41. The van der Waals surface area contributed by atoms with E-state index >= 15 is 0 Å². The Balaban J connectivity index is 2.68. The molecule has 1 saturated carbocycles. The Hall–Kier alpha value is -0.680. The first kappa shape index (κ1) is 10.8. The molecule has 0 bridgehead atoms. The molecule has 0 radical (unpaired) electrons. The van der Waals surface area contributed by atoms with Crippen LogP contribution in [-0.4, -0.2) is 7.11 Å². The Morgan fingerprint density at radius 3 is 2.53 bits per heavy atom. The lowest BCUT2D eigenvalue weighted by atomic mass is 10.0. The van der Waals surface area contributed by atoms with E-state index < -0.39 is 17.2 Å². The van der Waals surface area contributed by atoms with Gasteiger partial charge in [0.15, 0.2) is 11.6 Å². The van der Waals surface area contributed by atoms with Crippen molar-refractivity contribution < 1.29 is 13.5 Å². The second-order valence-corrected chi connectivity index (χ2v) is 4.57. The first-order valence-electron chi connectivity index (χ1n) is 4.50. The predicted octanol–water partition coefficient (Wildman–Crippen LogP) is 2.68. The molecule has 1 aliphatic carbocycles. The molecule has 15 heavy (non-hydrogen) atoms. The molecule has 1 aromatic carbocycles. The summed E-state index contributed by atoms with van der Waals surface area (Å²) >= 11 is 3.13. The summed E-state index contributed by atoms with van der Waals surface area (Å²) in [6.45, 7) is 0. The summed E-state index contributed by atoms with van der Waals surface area (Å²) in [5.41, 5.74) is 5.25. The van der Waals surface area contributed by atoms with Crippen LogP contribution in [-0.2, 0) is 5.54 Å². The maximum Gasteiger partial charge on any atom is 0.167 e. The van der Waals surface area contributed by atoms with Gasteiger partial charge in [0.25, 0.3) is 0 Å². The first-order chi connectivity index (χ1) is 6.99. The van der Waals surface area contributed by atoms with Crippen LogP contribution in [0.1, 0.15) is 18.4 Å². The third kappa shape index (κ3) is 1.63. The number of methoxy groups -OCH3 is 1. The van der Waals surface area contributed by atoms with Crippen LogP contribution in [0.15, 0.2) is 10.5 Å². The lowest BCUT2D eigenvalue weighted by molar-refractivity contribution is 0.386. The normalized spacial score (nSPS) is 17.7. The molecule has 0 atom stereocenters. The van der Waals surface area contributed by atoms with Gasteiger partial charge in [-0.2, -0.15) is 0 Å². The summed E-state index contributed by atoms with van der Waals surface area (Å²) in [5.74, 6) is -1.53. The van der Waals surface area contributed by atoms with Gasteiger partial charge in [0.2, 0.25) is 0 Å². The van der Waals surface area contributed by atoms with Crippen molar-refractivity contribution in [3.63, 3.8) is 0 Å². The van der Waals surface area contributed by atoms with E-state index in [1.54, 1.807) is 0 Å². The minimum Gasteiger partial charge on any atom is -0.495 e. The van der Waals surface area contributed by atoms with Gasteiger partial charge in [0, 0.05) is 5.54 Å². The van der Waals surface area contributed by atoms with Crippen LogP contribution in [0.4, 0.5) is 8.78 Å². The Kier molecular flexibility index (Phi) is 2.47. The Bertz CT molecular complexity index is 418. The van der Waals surface area contributed by atoms with E-state index in [9.17, 15) is 8.78 Å². The maximum absolute atomic E-state index is 13.6. The fourth-order valence-electron chi connectivity index (χ4n) is 1.61. The quantitative estimate of drug-likeness (QED) is 0.844. The molecule has 1 aromatic rings. The van der Waals surface area contributed by atoms with Crippen LogP contribution in [0.2, 0.25) is 0 Å². The minimum absolute atomic E-state index is 0.136. The van der Waals surface area contributed by atoms with Crippen molar-refractivity contribution in [1.29, 1.82) is 0 Å². The highest BCUT2D eigenvalue weighted by molar-refractivity contribution is 9.10. The number of rotatable bonds is 2. The van der Waals surface area contributed by atoms with Gasteiger partial charge in [-0.25, -0.2) is 8.78 Å². The molecule has 0 aromatic heterocycles. The van der Waals surface area contributed by atoms with Crippen molar-refractivity contribution in [2.75, 3.05) is 7.11 Å². The Morgan fingerprint density at radius 2 is 2.07 bits per heavy atom. The number of hydrogen-bond acceptors (Lipinski definition) is 2. The number of benzene rings is 1. The molecule has 2 nitrogen and oxygen atoms in total. The van der Waals surface area contributed by atoms with E-state index in [2.05, 4.69) is 15.9 Å². The van der Waals surface area contributed by atoms with E-state index in [0.717, 1.165) is 6.07 Å². The fraction of sp³-hybridized carbons (Fsp3) is 0.400. The highest BCUT2D eigenvalue weighted by atomic mass is 79.9. The zero-order chi connectivity index (χ0) is 11.2. The number of nitrogens with two attached hydrogens (primary N) is 1. The summed E-state index contributed by atoms with van der Waals surface area (Å²) in [5, 5.41) is 0. The first-order valence-corrected chi connectivity index (χ1v) is 5.30. The molecule has 0 aliphatic heterocycles. The van der Waals surface area contributed by atoms with E-state index in [1.807, 2.05) is 0 Å². The molecule has 2 rings (SSSR count). The van der Waals surface area contributed by atoms with Crippen molar-refractivity contribution in [3.8, 4) is 5.75 Å². The molecular formula is C10H10BrF2NO. The van der Waals surface area contributed by atoms with E-state index in [0.29, 0.717) is 17.3 Å². The summed E-state index contributed by atoms with van der Waals surface area (Å²) < 4.78 is 32.2. The van der Waals surface area contributed by atoms with Gasteiger partial charge in [0.05, 0.1) is 17.1 Å². The largest absolute Gasteiger partial charge is 0.495 e. The molecule has 0 unspecified atom stereocenters. The lowest BCUT2D eigenvalue weighted by Crippen LogP contribution is -2.22. The van der Waals surface area contributed by atoms with Crippen LogP contribution in [0.3, 0.4) is 0 Å². The van der Waals surface area contributed by atoms with Crippen LogP contribution < -0.4 is 10.5 Å². The third-order valence-corrected chi connectivity index (χ3v) is 3.21. The molecule has 5 heteroatoms. The van der Waals surface area contributed by atoms with Crippen molar-refractivity contribution >= 4 is 15.9 Å². The molecule has 0 amide bonds. The highest BCUT2D eigenvalue weighted by Gasteiger charge is 2.45. The topological polar surface area (TPSA) is 35.2 Å². The van der Waals surface area contributed by atoms with Gasteiger partial charge >= 0.3 is 0 Å². The second-order valence-electron chi connectivity index (χ2n) is 3.72. The second kappa shape index (κ2) is 3.42. The Morgan fingerprint density at radius 1 is 1.47 bits per heavy atom. The molecule has 2 N–H and O–H groups in total. The van der Waals surface area contributed by atoms with E-state index in [-0.39, 0.29) is 11.3 Å². The van der Waals surface area contributed by atoms with Gasteiger partial charge in [-0.05, 0) is 34.8 Å². The standard InChI is InChI=1S/C10H10BrF2NO/c1-15-9-5(11)4-6(12)8(13)7(9)10(14)2-3-10/h4H,2-3,14H2,1H3. The van der Waals surface area contributed by atoms with Gasteiger partial charge in [-0.15, -0.1) is 0 Å². The third-order valence-electron chi connectivity index (χ3n) is 2.62. The van der Waals surface area contributed by atoms with Crippen LogP contribution in [0, 0.1) is 11.6 Å². The monoisotopic (exact) mass is 277 g/mol. The highest BCUT2D eigenvalue weighted by Crippen LogP contribution is 2.50. The molecule has 1 fully saturated rings. The predicted molar refractivity (Wildman–Crippen MR) is 55.7 cm³/mol. The van der Waals surface area contributed by atoms with Crippen LogP contribution in [0.25, 0.3) is 0 Å². The van der Waals surface area contributed by atoms with E-state index in [1.165, 1.54) is 7.11 Å². The summed E-state index contributed by atoms with van der Waals surface area (Å²) in [6.07, 6.45) is 1.30. The lowest BCUT2D eigenvalue weighted by Gasteiger charge is -2.16. The van der Waals surface area contributed by atoms with Crippen molar-refractivity contribution in [1.82, 2.24) is 0 Å². The van der Waals surface area contributed by atoms with Crippen LogP contribution >= 0.6 is 15.9 Å². The average molecular weight is 278 g/mol. The smallest absolute Gasteiger partial charge is 0.167 e. The van der Waals surface area contributed by atoms with Crippen molar-refractivity contribution in [2.45, 2.75) is 18.4 Å². The van der Waals surface area contributed by atoms with Gasteiger partial charge < -0.3 is 10.5 Å². The number of ether oxygens (including phenoxy) is 1. The zero-order valence-corrected chi connectivity index (χ0v) is 9.70. The van der Waals surface area contributed by atoms with Crippen molar-refractivity contribution in [2.24, 2.45) is 5.73 Å². The number of hydrogen-bond donors (Lipinski definition) is 1. The Labute approximate surface area is 94.5 Å². The van der Waals surface area contributed by atoms with E-state index in [4.69, 9.17) is 10.5 Å². The van der Waals surface area contributed by atoms with Gasteiger partial charge in [-0.1, -0.05) is 0 Å². The maximum atomic E-state index is 13.6. The minimum atomic E-state index is -0.908. The van der Waals surface area contributed by atoms with Crippen molar-refractivity contribution in [3.05, 3.63) is 27.7 Å². The molecule has 0 spiro atoms. The number of halogens is 3. The molecule has 0 heterocycles. The molecule has 82 valence electrons. The summed E-state index contributed by atoms with van der Waals surface area (Å²) in [6, 6.07) is 1.05. The molecular weight excluding hydrogens is 268 g/mol. The van der Waals surface area contributed by atoms with Gasteiger partial charge in [0.1, 0.15) is 5.75 Å². The molecule has 1 aliphatic rings. The van der Waals surface area contributed by atoms with Gasteiger partial charge in [-0.3, -0.25) is 0 Å². The average Bonchev–Trinajstić information content (AvgIpc) is 2.90. The SMILES string of the molecule is COc1c(Br)cc(F)c(F)c1C1(N)CC1. The fourth-order valence-corrected chi connectivity index (χ4v) is 2.17. The molecule has 0 saturated heterocycles.